The number of aromatic nitrogens is 3. The van der Waals surface area contributed by atoms with Crippen molar-refractivity contribution in [2.45, 2.75) is 72.6 Å². The Morgan fingerprint density at radius 1 is 1.00 bits per heavy atom. The Balaban J connectivity index is 2.65. The molecule has 0 saturated heterocycles. The molecule has 0 spiro atoms. The van der Waals surface area contributed by atoms with Gasteiger partial charge in [0.05, 0.1) is 0 Å². The van der Waals surface area contributed by atoms with Crippen LogP contribution in [0.25, 0.3) is 5.65 Å². The summed E-state index contributed by atoms with van der Waals surface area (Å²) in [5, 5.41) is 0. The molecule has 2 heterocycles. The van der Waals surface area contributed by atoms with E-state index < -0.39 is 18.4 Å². The first kappa shape index (κ1) is 20.2. The van der Waals surface area contributed by atoms with Gasteiger partial charge in [-0.3, -0.25) is 0 Å². The van der Waals surface area contributed by atoms with Gasteiger partial charge in [0.2, 0.25) is 0 Å². The van der Waals surface area contributed by atoms with Gasteiger partial charge in [-0.25, -0.2) is 0 Å². The average Bonchev–Trinajstić information content (AvgIpc) is 2.61. The van der Waals surface area contributed by atoms with Crippen molar-refractivity contribution in [1.29, 1.82) is 0 Å². The molecule has 0 amide bonds. The number of rotatable bonds is 10. The Hall–Kier alpha value is -1.11. The van der Waals surface area contributed by atoms with Crippen molar-refractivity contribution in [2.75, 3.05) is 5.73 Å². The molecule has 0 unspecified atom stereocenters. The van der Waals surface area contributed by atoms with Crippen molar-refractivity contribution in [3.8, 4) is 0 Å². The van der Waals surface area contributed by atoms with E-state index in [0.29, 0.717) is 0 Å². The van der Waals surface area contributed by atoms with Gasteiger partial charge in [-0.05, 0) is 0 Å². The Morgan fingerprint density at radius 3 is 2.08 bits per heavy atom. The number of anilines is 1. The second-order valence-electron chi connectivity index (χ2n) is 7.07. The van der Waals surface area contributed by atoms with Gasteiger partial charge in [0.15, 0.2) is 0 Å². The molecule has 2 N–H and O–H groups in total. The van der Waals surface area contributed by atoms with E-state index in [2.05, 4.69) is 36.8 Å². The second kappa shape index (κ2) is 9.55. The van der Waals surface area contributed by atoms with Crippen LogP contribution >= 0.6 is 0 Å². The van der Waals surface area contributed by atoms with Gasteiger partial charge in [0.1, 0.15) is 0 Å². The second-order valence-corrected chi connectivity index (χ2v) is 20.2. The Labute approximate surface area is 154 Å². The first-order chi connectivity index (χ1) is 12.1. The van der Waals surface area contributed by atoms with Gasteiger partial charge in [-0.15, -0.1) is 0 Å². The predicted molar refractivity (Wildman–Crippen MR) is 108 cm³/mol. The first-order valence-corrected chi connectivity index (χ1v) is 17.2. The normalized spacial score (nSPS) is 12.0. The summed E-state index contributed by atoms with van der Waals surface area (Å²) in [7, 11) is 0. The monoisotopic (exact) mass is 452 g/mol. The van der Waals surface area contributed by atoms with Crippen LogP contribution in [0.15, 0.2) is 23.1 Å². The molecule has 0 radical (unpaired) electrons. The summed E-state index contributed by atoms with van der Waals surface area (Å²) in [5.74, 6) is 0.0964. The van der Waals surface area contributed by atoms with Gasteiger partial charge in [0.25, 0.3) is 0 Å². The summed E-state index contributed by atoms with van der Waals surface area (Å²) in [5.41, 5.74) is 6.29. The van der Waals surface area contributed by atoms with Crippen molar-refractivity contribution in [2.24, 2.45) is 0 Å². The fraction of sp³-hybridized carbons (Fsp3) is 0.632. The van der Waals surface area contributed by atoms with Crippen molar-refractivity contribution < 1.29 is 0 Å². The quantitative estimate of drug-likeness (QED) is 0.559. The minimum atomic E-state index is -2.68. The maximum absolute atomic E-state index is 12.3. The predicted octanol–water partition coefficient (Wildman–Crippen LogP) is 3.73. The molecule has 0 aromatic carbocycles. The molecule has 0 aliphatic carbocycles. The van der Waals surface area contributed by atoms with Crippen LogP contribution in [0.2, 0.25) is 13.3 Å². The zero-order valence-electron chi connectivity index (χ0n) is 15.9. The number of hydrogen-bond acceptors (Lipinski definition) is 4. The van der Waals surface area contributed by atoms with Gasteiger partial charge in [-0.2, -0.15) is 0 Å². The summed E-state index contributed by atoms with van der Waals surface area (Å²) in [6.07, 6.45) is 9.26. The van der Waals surface area contributed by atoms with E-state index >= 15 is 0 Å². The zero-order valence-corrected chi connectivity index (χ0v) is 18.8. The van der Waals surface area contributed by atoms with Crippen LogP contribution in [0.5, 0.6) is 0 Å². The van der Waals surface area contributed by atoms with E-state index in [1.807, 2.05) is 6.07 Å². The Morgan fingerprint density at radius 2 is 1.56 bits per heavy atom. The molecular weight excluding hydrogens is 419 g/mol. The van der Waals surface area contributed by atoms with E-state index in [9.17, 15) is 4.79 Å². The van der Waals surface area contributed by atoms with Crippen molar-refractivity contribution >= 4 is 33.6 Å². The molecule has 0 aliphatic rings. The van der Waals surface area contributed by atoms with Crippen LogP contribution < -0.4 is 15.0 Å². The fourth-order valence-electron chi connectivity index (χ4n) is 3.79. The Kier molecular flexibility index (Phi) is 7.72. The van der Waals surface area contributed by atoms with Crippen LogP contribution in [0.1, 0.15) is 59.3 Å². The van der Waals surface area contributed by atoms with Crippen LogP contribution in [0.3, 0.4) is 0 Å². The Bertz CT molecular complexity index is 722. The molecular formula is C19H32N4OSn. The molecule has 0 aliphatic heterocycles. The molecule has 0 bridgehead atoms. The van der Waals surface area contributed by atoms with E-state index in [1.165, 1.54) is 55.4 Å². The fourth-order valence-corrected chi connectivity index (χ4v) is 20.2. The van der Waals surface area contributed by atoms with Crippen molar-refractivity contribution in [3.05, 3.63) is 28.8 Å². The van der Waals surface area contributed by atoms with Gasteiger partial charge in [0, 0.05) is 0 Å². The molecule has 5 nitrogen and oxygen atoms in total. The van der Waals surface area contributed by atoms with Gasteiger partial charge >= 0.3 is 155 Å². The average molecular weight is 451 g/mol. The van der Waals surface area contributed by atoms with Crippen molar-refractivity contribution in [1.82, 2.24) is 14.4 Å². The molecule has 2 aromatic heterocycles. The summed E-state index contributed by atoms with van der Waals surface area (Å²) in [6.45, 7) is 6.80. The van der Waals surface area contributed by atoms with Crippen LogP contribution in [0.4, 0.5) is 5.95 Å². The summed E-state index contributed by atoms with van der Waals surface area (Å²) < 4.78 is 6.98. The maximum atomic E-state index is 12.3. The third-order valence-electron chi connectivity index (χ3n) is 5.20. The third kappa shape index (κ3) is 4.74. The molecule has 0 saturated carbocycles. The molecule has 0 fully saturated rings. The SMILES string of the molecule is CCC[CH2][Sn]([CH2]CCC)([CH2]CCC)[c]1cccn2c(=O)nc(N)nc12. The molecule has 0 atom stereocenters. The summed E-state index contributed by atoms with van der Waals surface area (Å²) in [6, 6.07) is 4.23. The number of fused-ring (bicyclic) bond motifs is 1. The zero-order chi connectivity index (χ0) is 18.3. The molecule has 6 heteroatoms. The number of nitrogen functional groups attached to an aromatic ring is 1. The number of unbranched alkanes of at least 4 members (excludes halogenated alkanes) is 3. The molecule has 138 valence electrons. The number of hydrogen-bond donors (Lipinski definition) is 1. The van der Waals surface area contributed by atoms with E-state index in [1.54, 1.807) is 10.6 Å². The van der Waals surface area contributed by atoms with Gasteiger partial charge in [-0.1, -0.05) is 0 Å². The van der Waals surface area contributed by atoms with Crippen LogP contribution in [-0.4, -0.2) is 32.7 Å². The first-order valence-electron chi connectivity index (χ1n) is 9.73. The minimum absolute atomic E-state index is 0.0964. The third-order valence-corrected chi connectivity index (χ3v) is 20.8. The molecule has 25 heavy (non-hydrogen) atoms. The van der Waals surface area contributed by atoms with E-state index in [0.717, 1.165) is 5.65 Å². The van der Waals surface area contributed by atoms with Crippen LogP contribution in [-0.2, 0) is 0 Å². The van der Waals surface area contributed by atoms with E-state index in [4.69, 9.17) is 5.73 Å². The molecule has 2 rings (SSSR count). The topological polar surface area (TPSA) is 73.3 Å². The van der Waals surface area contributed by atoms with Crippen LogP contribution in [0, 0.1) is 0 Å². The number of nitrogens with two attached hydrogens (primary N) is 1. The number of nitrogens with zero attached hydrogens (tertiary/aromatic N) is 3. The molecule has 2 aromatic rings. The summed E-state index contributed by atoms with van der Waals surface area (Å²) >= 11 is -2.68. The number of pyridine rings is 1. The van der Waals surface area contributed by atoms with Crippen molar-refractivity contribution in [3.63, 3.8) is 0 Å². The standard InChI is InChI=1S/C7H5N4O.3C4H9.Sn/c8-6-9-5-3-1-2-4-11(5)7(12)10-6;3*1-3-4-2;/h1-2,4H,(H2,8,10,12);3*1,3-4H2,2H3;. The van der Waals surface area contributed by atoms with E-state index in [-0.39, 0.29) is 11.6 Å². The van der Waals surface area contributed by atoms with Gasteiger partial charge < -0.3 is 0 Å². The summed E-state index contributed by atoms with van der Waals surface area (Å²) in [4.78, 5) is 20.6.